The van der Waals surface area contributed by atoms with Gasteiger partial charge in [0.2, 0.25) is 5.91 Å². The van der Waals surface area contributed by atoms with Crippen molar-refractivity contribution in [2.45, 2.75) is 32.1 Å². The van der Waals surface area contributed by atoms with Gasteiger partial charge in [-0.1, -0.05) is 31.5 Å². The van der Waals surface area contributed by atoms with Gasteiger partial charge >= 0.3 is 0 Å². The summed E-state index contributed by atoms with van der Waals surface area (Å²) in [5.74, 6) is 0.683. The van der Waals surface area contributed by atoms with Crippen LogP contribution in [0.1, 0.15) is 25.8 Å². The lowest BCUT2D eigenvalue weighted by molar-refractivity contribution is -0.119. The Bertz CT molecular complexity index is 876. The maximum absolute atomic E-state index is 13.2. The summed E-state index contributed by atoms with van der Waals surface area (Å²) in [5.41, 5.74) is 1.45. The molecule has 1 amide bonds. The van der Waals surface area contributed by atoms with E-state index in [9.17, 15) is 13.2 Å². The molecule has 28 heavy (non-hydrogen) atoms. The first-order valence-electron chi connectivity index (χ1n) is 9.24. The van der Waals surface area contributed by atoms with Crippen LogP contribution < -0.4 is 14.4 Å². The van der Waals surface area contributed by atoms with Gasteiger partial charge in [-0.15, -0.1) is 0 Å². The standard InChI is InChI=1S/C21H28N2O4S/c1-16(2)13-14-22-21(24)15-23(18-7-5-17(3)6-8-18)28(25,26)20-11-9-19(27-4)10-12-20/h5-12,16H,13-15H2,1-4H3,(H,22,24). The maximum Gasteiger partial charge on any atom is 0.264 e. The number of rotatable bonds is 9. The monoisotopic (exact) mass is 404 g/mol. The number of hydrogen-bond donors (Lipinski definition) is 1. The van der Waals surface area contributed by atoms with Gasteiger partial charge in [0.25, 0.3) is 10.0 Å². The lowest BCUT2D eigenvalue weighted by Gasteiger charge is -2.24. The summed E-state index contributed by atoms with van der Waals surface area (Å²) >= 11 is 0. The average molecular weight is 405 g/mol. The molecule has 1 N–H and O–H groups in total. The first-order chi connectivity index (χ1) is 13.2. The molecule has 0 aliphatic carbocycles. The van der Waals surface area contributed by atoms with Gasteiger partial charge < -0.3 is 10.1 Å². The first kappa shape index (κ1) is 21.8. The predicted octanol–water partition coefficient (Wildman–Crippen LogP) is 3.36. The van der Waals surface area contributed by atoms with E-state index in [1.165, 1.54) is 19.2 Å². The summed E-state index contributed by atoms with van der Waals surface area (Å²) in [7, 11) is -2.39. The van der Waals surface area contributed by atoms with Gasteiger partial charge in [0.15, 0.2) is 0 Å². The van der Waals surface area contributed by atoms with Crippen LogP contribution in [0.4, 0.5) is 5.69 Å². The van der Waals surface area contributed by atoms with E-state index in [-0.39, 0.29) is 17.3 Å². The number of methoxy groups -OCH3 is 1. The first-order valence-corrected chi connectivity index (χ1v) is 10.7. The third kappa shape index (κ3) is 5.73. The van der Waals surface area contributed by atoms with Gasteiger partial charge in [-0.25, -0.2) is 8.42 Å². The molecule has 2 aromatic carbocycles. The molecule has 0 saturated carbocycles. The smallest absolute Gasteiger partial charge is 0.264 e. The number of benzene rings is 2. The van der Waals surface area contributed by atoms with Gasteiger partial charge in [0, 0.05) is 6.54 Å². The molecule has 0 aromatic heterocycles. The van der Waals surface area contributed by atoms with Gasteiger partial charge in [0.1, 0.15) is 12.3 Å². The number of nitrogens with one attached hydrogen (secondary N) is 1. The summed E-state index contributed by atoms with van der Waals surface area (Å²) in [4.78, 5) is 12.5. The van der Waals surface area contributed by atoms with Crippen molar-refractivity contribution >= 4 is 21.6 Å². The number of aryl methyl sites for hydroxylation is 1. The molecule has 0 spiro atoms. The molecule has 2 rings (SSSR count). The van der Waals surface area contributed by atoms with E-state index in [0.717, 1.165) is 16.3 Å². The molecule has 152 valence electrons. The topological polar surface area (TPSA) is 75.7 Å². The lowest BCUT2D eigenvalue weighted by atomic mass is 10.1. The van der Waals surface area contributed by atoms with Gasteiger partial charge in [0.05, 0.1) is 17.7 Å². The fourth-order valence-electron chi connectivity index (χ4n) is 2.59. The number of carbonyl (C=O) groups excluding carboxylic acids is 1. The molecular weight excluding hydrogens is 376 g/mol. The van der Waals surface area contributed by atoms with Crippen LogP contribution in [0.15, 0.2) is 53.4 Å². The van der Waals surface area contributed by atoms with Crippen molar-refractivity contribution in [3.63, 3.8) is 0 Å². The number of nitrogens with zero attached hydrogens (tertiary/aromatic N) is 1. The highest BCUT2D eigenvalue weighted by atomic mass is 32.2. The molecule has 0 bridgehead atoms. The largest absolute Gasteiger partial charge is 0.497 e. The Morgan fingerprint density at radius 3 is 2.21 bits per heavy atom. The van der Waals surface area contributed by atoms with E-state index in [1.807, 2.05) is 19.1 Å². The van der Waals surface area contributed by atoms with Crippen LogP contribution >= 0.6 is 0 Å². The third-order valence-electron chi connectivity index (χ3n) is 4.30. The van der Waals surface area contributed by atoms with Crippen LogP contribution in [-0.2, 0) is 14.8 Å². The van der Waals surface area contributed by atoms with Crippen LogP contribution in [0.5, 0.6) is 5.75 Å². The van der Waals surface area contributed by atoms with E-state index >= 15 is 0 Å². The Labute approximate surface area is 167 Å². The summed E-state index contributed by atoms with van der Waals surface area (Å²) < 4.78 is 32.7. The summed E-state index contributed by atoms with van der Waals surface area (Å²) in [6, 6.07) is 13.2. The second-order valence-corrected chi connectivity index (χ2v) is 8.92. The molecule has 0 aliphatic heterocycles. The Morgan fingerprint density at radius 1 is 1.07 bits per heavy atom. The van der Waals surface area contributed by atoms with Crippen molar-refractivity contribution in [2.75, 3.05) is 24.5 Å². The molecule has 7 heteroatoms. The number of amides is 1. The van der Waals surface area contributed by atoms with E-state index in [0.29, 0.717) is 23.9 Å². The Morgan fingerprint density at radius 2 is 1.68 bits per heavy atom. The fourth-order valence-corrected chi connectivity index (χ4v) is 4.01. The van der Waals surface area contributed by atoms with Crippen LogP contribution in [0.2, 0.25) is 0 Å². The van der Waals surface area contributed by atoms with Crippen LogP contribution in [0, 0.1) is 12.8 Å². The fraction of sp³-hybridized carbons (Fsp3) is 0.381. The van der Waals surface area contributed by atoms with Crippen molar-refractivity contribution in [1.29, 1.82) is 0 Å². The predicted molar refractivity (Wildman–Crippen MR) is 111 cm³/mol. The number of carbonyl (C=O) groups is 1. The van der Waals surface area contributed by atoms with Crippen molar-refractivity contribution in [1.82, 2.24) is 5.32 Å². The highest BCUT2D eigenvalue weighted by Crippen LogP contribution is 2.25. The highest BCUT2D eigenvalue weighted by Gasteiger charge is 2.27. The molecule has 0 aliphatic rings. The number of sulfonamides is 1. The molecule has 0 atom stereocenters. The van der Waals surface area contributed by atoms with Gasteiger partial charge in [-0.05, 0) is 55.7 Å². The van der Waals surface area contributed by atoms with E-state index < -0.39 is 10.0 Å². The maximum atomic E-state index is 13.2. The van der Waals surface area contributed by atoms with Gasteiger partial charge in [-0.3, -0.25) is 9.10 Å². The zero-order chi connectivity index (χ0) is 20.7. The van der Waals surface area contributed by atoms with Crippen molar-refractivity contribution in [3.8, 4) is 5.75 Å². The van der Waals surface area contributed by atoms with E-state index in [1.54, 1.807) is 24.3 Å². The summed E-state index contributed by atoms with van der Waals surface area (Å²) in [6.45, 7) is 6.29. The number of ether oxygens (including phenoxy) is 1. The normalized spacial score (nSPS) is 11.3. The Hall–Kier alpha value is -2.54. The molecule has 2 aromatic rings. The molecule has 6 nitrogen and oxygen atoms in total. The van der Waals surface area contributed by atoms with Crippen LogP contribution in [0.3, 0.4) is 0 Å². The van der Waals surface area contributed by atoms with E-state index in [2.05, 4.69) is 19.2 Å². The van der Waals surface area contributed by atoms with Crippen molar-refractivity contribution < 1.29 is 17.9 Å². The SMILES string of the molecule is COc1ccc(S(=O)(=O)N(CC(=O)NCCC(C)C)c2ccc(C)cc2)cc1. The Kier molecular flexibility index (Phi) is 7.45. The highest BCUT2D eigenvalue weighted by molar-refractivity contribution is 7.92. The second kappa shape index (κ2) is 9.59. The lowest BCUT2D eigenvalue weighted by Crippen LogP contribution is -2.41. The van der Waals surface area contributed by atoms with Gasteiger partial charge in [-0.2, -0.15) is 0 Å². The minimum absolute atomic E-state index is 0.101. The summed E-state index contributed by atoms with van der Waals surface area (Å²) in [5, 5.41) is 2.80. The zero-order valence-electron chi connectivity index (χ0n) is 16.8. The minimum Gasteiger partial charge on any atom is -0.497 e. The van der Waals surface area contributed by atoms with E-state index in [4.69, 9.17) is 4.74 Å². The Balaban J connectivity index is 2.31. The summed E-state index contributed by atoms with van der Waals surface area (Å²) in [6.07, 6.45) is 0.835. The van der Waals surface area contributed by atoms with Crippen LogP contribution in [-0.4, -0.2) is 34.5 Å². The minimum atomic E-state index is -3.91. The van der Waals surface area contributed by atoms with Crippen LogP contribution in [0.25, 0.3) is 0 Å². The van der Waals surface area contributed by atoms with Crippen molar-refractivity contribution in [3.05, 3.63) is 54.1 Å². The molecular formula is C21H28N2O4S. The second-order valence-electron chi connectivity index (χ2n) is 7.06. The average Bonchev–Trinajstić information content (AvgIpc) is 2.66. The molecule has 0 radical (unpaired) electrons. The molecule has 0 unspecified atom stereocenters. The quantitative estimate of drug-likeness (QED) is 0.695. The third-order valence-corrected chi connectivity index (χ3v) is 6.09. The number of hydrogen-bond acceptors (Lipinski definition) is 4. The molecule has 0 saturated heterocycles. The number of anilines is 1. The van der Waals surface area contributed by atoms with Crippen molar-refractivity contribution in [2.24, 2.45) is 5.92 Å². The molecule has 0 heterocycles. The molecule has 0 fully saturated rings. The zero-order valence-corrected chi connectivity index (χ0v) is 17.6.